The van der Waals surface area contributed by atoms with Crippen LogP contribution in [0.2, 0.25) is 0 Å². The lowest BCUT2D eigenvalue weighted by molar-refractivity contribution is -0.118. The first-order valence-electron chi connectivity index (χ1n) is 6.32. The molecule has 1 amide bonds. The van der Waals surface area contributed by atoms with E-state index in [9.17, 15) is 4.79 Å². The van der Waals surface area contributed by atoms with Crippen LogP contribution in [0.25, 0.3) is 0 Å². The highest BCUT2D eigenvalue weighted by molar-refractivity contribution is 5.92. The number of nitrogens with zero attached hydrogens (tertiary/aromatic N) is 1. The molecule has 2 rings (SSSR count). The fourth-order valence-electron chi connectivity index (χ4n) is 1.78. The first-order valence-corrected chi connectivity index (χ1v) is 6.32. The van der Waals surface area contributed by atoms with E-state index in [2.05, 4.69) is 20.8 Å². The largest absolute Gasteiger partial charge is 0.484 e. The van der Waals surface area contributed by atoms with Gasteiger partial charge in [0.25, 0.3) is 5.91 Å². The zero-order valence-corrected chi connectivity index (χ0v) is 11.8. The zero-order chi connectivity index (χ0) is 14.5. The van der Waals surface area contributed by atoms with Gasteiger partial charge in [0, 0.05) is 12.7 Å². The summed E-state index contributed by atoms with van der Waals surface area (Å²) >= 11 is 0. The summed E-state index contributed by atoms with van der Waals surface area (Å²) in [5.74, 6) is 0.440. The van der Waals surface area contributed by atoms with Gasteiger partial charge in [-0.05, 0) is 38.1 Å². The first-order chi connectivity index (χ1) is 9.60. The molecule has 0 radical (unpaired) electrons. The molecule has 0 fully saturated rings. The summed E-state index contributed by atoms with van der Waals surface area (Å²) in [6.07, 6.45) is 0. The van der Waals surface area contributed by atoms with Gasteiger partial charge in [-0.25, -0.2) is 0 Å². The van der Waals surface area contributed by atoms with E-state index in [-0.39, 0.29) is 12.5 Å². The number of amides is 1. The maximum atomic E-state index is 11.8. The predicted octanol–water partition coefficient (Wildman–Crippen LogP) is 2.09. The molecule has 6 nitrogen and oxygen atoms in total. The number of hydrogen-bond acceptors (Lipinski definition) is 4. The van der Waals surface area contributed by atoms with Gasteiger partial charge in [-0.3, -0.25) is 9.89 Å². The molecule has 3 N–H and O–H groups in total. The third kappa shape index (κ3) is 3.28. The van der Waals surface area contributed by atoms with Crippen LogP contribution in [0.4, 0.5) is 11.4 Å². The highest BCUT2D eigenvalue weighted by atomic mass is 16.5. The van der Waals surface area contributed by atoms with Crippen LogP contribution in [-0.4, -0.2) is 29.8 Å². The number of H-pyrrole nitrogens is 1. The summed E-state index contributed by atoms with van der Waals surface area (Å²) in [6, 6.07) is 7.40. The molecule has 20 heavy (non-hydrogen) atoms. The summed E-state index contributed by atoms with van der Waals surface area (Å²) in [4.78, 5) is 11.8. The predicted molar refractivity (Wildman–Crippen MR) is 78.2 cm³/mol. The fourth-order valence-corrected chi connectivity index (χ4v) is 1.78. The van der Waals surface area contributed by atoms with Gasteiger partial charge in [0.05, 0.1) is 17.1 Å². The summed E-state index contributed by atoms with van der Waals surface area (Å²) in [5.41, 5.74) is 3.29. The Labute approximate surface area is 117 Å². The van der Waals surface area contributed by atoms with E-state index in [0.29, 0.717) is 11.4 Å². The number of ether oxygens (including phenoxy) is 1. The number of carbonyl (C=O) groups is 1. The second kappa shape index (κ2) is 6.10. The van der Waals surface area contributed by atoms with Crippen LogP contribution in [-0.2, 0) is 4.79 Å². The number of hydrogen-bond donors (Lipinski definition) is 3. The molecule has 6 heteroatoms. The van der Waals surface area contributed by atoms with Gasteiger partial charge < -0.3 is 15.4 Å². The summed E-state index contributed by atoms with van der Waals surface area (Å²) < 4.78 is 5.43. The smallest absolute Gasteiger partial charge is 0.262 e. The highest BCUT2D eigenvalue weighted by Gasteiger charge is 2.10. The molecule has 0 aliphatic carbocycles. The molecule has 1 aromatic heterocycles. The minimum atomic E-state index is -0.213. The Bertz CT molecular complexity index is 570. The molecular formula is C14H18N4O2. The number of carbonyl (C=O) groups excluding carboxylic acids is 1. The topological polar surface area (TPSA) is 79.0 Å². The fraction of sp³-hybridized carbons (Fsp3) is 0.286. The Hall–Kier alpha value is -2.50. The minimum absolute atomic E-state index is 0.0387. The van der Waals surface area contributed by atoms with Gasteiger partial charge in [-0.1, -0.05) is 0 Å². The number of aromatic nitrogens is 2. The Kier molecular flexibility index (Phi) is 4.24. The second-order valence-corrected chi connectivity index (χ2v) is 4.42. The third-order valence-electron chi connectivity index (χ3n) is 2.91. The van der Waals surface area contributed by atoms with Crippen LogP contribution in [0.3, 0.4) is 0 Å². The average molecular weight is 274 g/mol. The summed E-state index contributed by atoms with van der Waals surface area (Å²) in [6.45, 7) is 3.65. The SMILES string of the molecule is CNc1ccc(OCC(=O)Nc2c(C)n[nH]c2C)cc1. The molecule has 1 aromatic carbocycles. The van der Waals surface area contributed by atoms with E-state index in [1.54, 1.807) is 0 Å². The van der Waals surface area contributed by atoms with Crippen molar-refractivity contribution in [2.24, 2.45) is 0 Å². The van der Waals surface area contributed by atoms with E-state index in [1.807, 2.05) is 45.2 Å². The van der Waals surface area contributed by atoms with Crippen LogP contribution >= 0.6 is 0 Å². The van der Waals surface area contributed by atoms with Gasteiger partial charge in [-0.15, -0.1) is 0 Å². The van der Waals surface area contributed by atoms with Crippen molar-refractivity contribution in [1.82, 2.24) is 10.2 Å². The molecule has 106 valence electrons. The van der Waals surface area contributed by atoms with Gasteiger partial charge in [-0.2, -0.15) is 5.10 Å². The molecule has 0 unspecified atom stereocenters. The molecule has 0 aliphatic rings. The summed E-state index contributed by atoms with van der Waals surface area (Å²) in [7, 11) is 1.85. The minimum Gasteiger partial charge on any atom is -0.484 e. The van der Waals surface area contributed by atoms with Crippen molar-refractivity contribution >= 4 is 17.3 Å². The Morgan fingerprint density at radius 3 is 2.55 bits per heavy atom. The van der Waals surface area contributed by atoms with E-state index in [1.165, 1.54) is 0 Å². The number of anilines is 2. The van der Waals surface area contributed by atoms with Crippen molar-refractivity contribution < 1.29 is 9.53 Å². The normalized spacial score (nSPS) is 10.2. The Morgan fingerprint density at radius 1 is 1.30 bits per heavy atom. The van der Waals surface area contributed by atoms with Crippen molar-refractivity contribution in [2.45, 2.75) is 13.8 Å². The first kappa shape index (κ1) is 13.9. The lowest BCUT2D eigenvalue weighted by Gasteiger charge is -2.08. The molecule has 0 atom stereocenters. The second-order valence-electron chi connectivity index (χ2n) is 4.42. The lowest BCUT2D eigenvalue weighted by Crippen LogP contribution is -2.20. The molecule has 0 aliphatic heterocycles. The van der Waals surface area contributed by atoms with Crippen LogP contribution in [0.15, 0.2) is 24.3 Å². The van der Waals surface area contributed by atoms with E-state index in [4.69, 9.17) is 4.74 Å². The Morgan fingerprint density at radius 2 is 2.00 bits per heavy atom. The molecule has 0 spiro atoms. The molecule has 2 aromatic rings. The van der Waals surface area contributed by atoms with Gasteiger partial charge in [0.15, 0.2) is 6.61 Å². The van der Waals surface area contributed by atoms with Crippen LogP contribution < -0.4 is 15.4 Å². The van der Waals surface area contributed by atoms with Crippen LogP contribution in [0.1, 0.15) is 11.4 Å². The maximum absolute atomic E-state index is 11.8. The number of aromatic amines is 1. The van der Waals surface area contributed by atoms with Crippen LogP contribution in [0, 0.1) is 13.8 Å². The van der Waals surface area contributed by atoms with Crippen molar-refractivity contribution in [2.75, 3.05) is 24.3 Å². The Balaban J connectivity index is 1.89. The maximum Gasteiger partial charge on any atom is 0.262 e. The van der Waals surface area contributed by atoms with E-state index >= 15 is 0 Å². The van der Waals surface area contributed by atoms with Crippen molar-refractivity contribution in [3.63, 3.8) is 0 Å². The number of benzene rings is 1. The van der Waals surface area contributed by atoms with Crippen molar-refractivity contribution in [1.29, 1.82) is 0 Å². The van der Waals surface area contributed by atoms with Gasteiger partial charge in [0.2, 0.25) is 0 Å². The highest BCUT2D eigenvalue weighted by Crippen LogP contribution is 2.17. The number of aryl methyl sites for hydroxylation is 2. The molecular weight excluding hydrogens is 256 g/mol. The zero-order valence-electron chi connectivity index (χ0n) is 11.8. The van der Waals surface area contributed by atoms with Gasteiger partial charge >= 0.3 is 0 Å². The van der Waals surface area contributed by atoms with Crippen molar-refractivity contribution in [3.8, 4) is 5.75 Å². The average Bonchev–Trinajstić information content (AvgIpc) is 2.77. The van der Waals surface area contributed by atoms with Crippen LogP contribution in [0.5, 0.6) is 5.75 Å². The molecule has 0 saturated carbocycles. The molecule has 0 saturated heterocycles. The van der Waals surface area contributed by atoms with E-state index < -0.39 is 0 Å². The molecule has 1 heterocycles. The standard InChI is InChI=1S/C14H18N4O2/c1-9-14(10(2)18-17-9)16-13(19)8-20-12-6-4-11(15-3)5-7-12/h4-7,15H,8H2,1-3H3,(H,16,19)(H,17,18). The van der Waals surface area contributed by atoms with Crippen molar-refractivity contribution in [3.05, 3.63) is 35.7 Å². The summed E-state index contributed by atoms with van der Waals surface area (Å²) in [5, 5.41) is 12.6. The number of rotatable bonds is 5. The monoisotopic (exact) mass is 274 g/mol. The van der Waals surface area contributed by atoms with Gasteiger partial charge in [0.1, 0.15) is 5.75 Å². The third-order valence-corrected chi connectivity index (χ3v) is 2.91. The lowest BCUT2D eigenvalue weighted by atomic mass is 10.3. The quantitative estimate of drug-likeness (QED) is 0.780. The molecule has 0 bridgehead atoms. The van der Waals surface area contributed by atoms with E-state index in [0.717, 1.165) is 17.1 Å². The number of nitrogens with one attached hydrogen (secondary N) is 3.